The Hall–Kier alpha value is -1.40. The molecule has 0 amide bonds. The van der Waals surface area contributed by atoms with Gasteiger partial charge >= 0.3 is 0 Å². The van der Waals surface area contributed by atoms with Gasteiger partial charge in [-0.05, 0) is 13.0 Å². The topological polar surface area (TPSA) is 68.8 Å². The first-order chi connectivity index (χ1) is 6.78. The summed E-state index contributed by atoms with van der Waals surface area (Å²) >= 11 is 1.49. The van der Waals surface area contributed by atoms with E-state index < -0.39 is 0 Å². The molecule has 2 rings (SSSR count). The van der Waals surface area contributed by atoms with Gasteiger partial charge in [-0.2, -0.15) is 5.10 Å². The number of rotatable bonds is 3. The maximum atomic E-state index is 5.24. The van der Waals surface area contributed by atoms with Gasteiger partial charge in [-0.1, -0.05) is 0 Å². The Morgan fingerprint density at radius 3 is 3.07 bits per heavy atom. The van der Waals surface area contributed by atoms with Crippen LogP contribution in [0.2, 0.25) is 0 Å². The molecule has 2 heterocycles. The third kappa shape index (κ3) is 1.91. The highest BCUT2D eigenvalue weighted by atomic mass is 32.1. The summed E-state index contributed by atoms with van der Waals surface area (Å²) in [6.07, 6.45) is 1.93. The van der Waals surface area contributed by atoms with E-state index in [2.05, 4.69) is 15.5 Å². The molecular weight excluding hydrogens is 198 g/mol. The fraction of sp³-hybridized carbons (Fsp3) is 0.250. The van der Waals surface area contributed by atoms with Crippen LogP contribution in [0, 0.1) is 6.92 Å². The van der Waals surface area contributed by atoms with E-state index in [9.17, 15) is 0 Å². The normalized spacial score (nSPS) is 10.4. The van der Waals surface area contributed by atoms with Crippen LogP contribution in [0.5, 0.6) is 0 Å². The summed E-state index contributed by atoms with van der Waals surface area (Å²) in [5.41, 5.74) is 4.49. The quantitative estimate of drug-likeness (QED) is 0.584. The van der Waals surface area contributed by atoms with Crippen LogP contribution in [0.1, 0.15) is 11.4 Å². The number of nitrogens with two attached hydrogens (primary N) is 1. The van der Waals surface area contributed by atoms with Crippen molar-refractivity contribution in [1.29, 1.82) is 0 Å². The molecule has 0 unspecified atom stereocenters. The molecule has 0 radical (unpaired) electrons. The van der Waals surface area contributed by atoms with E-state index in [0.29, 0.717) is 6.54 Å². The fourth-order valence-corrected chi connectivity index (χ4v) is 1.78. The van der Waals surface area contributed by atoms with E-state index in [4.69, 9.17) is 5.84 Å². The molecule has 0 aliphatic heterocycles. The standard InChI is InChI=1S/C8H11N5S/c1-6-2-3-13(12-6)4-7-5-14-8(10-7)11-9/h2-3,5H,4,9H2,1H3,(H,10,11). The van der Waals surface area contributed by atoms with E-state index in [1.165, 1.54) is 11.3 Å². The van der Waals surface area contributed by atoms with Crippen LogP contribution in [0.15, 0.2) is 17.6 Å². The molecule has 14 heavy (non-hydrogen) atoms. The number of aromatic nitrogens is 3. The average molecular weight is 209 g/mol. The van der Waals surface area contributed by atoms with Crippen molar-refractivity contribution >= 4 is 16.5 Å². The molecule has 0 saturated heterocycles. The maximum Gasteiger partial charge on any atom is 0.197 e. The van der Waals surface area contributed by atoms with E-state index >= 15 is 0 Å². The zero-order valence-corrected chi connectivity index (χ0v) is 8.58. The van der Waals surface area contributed by atoms with Gasteiger partial charge in [0, 0.05) is 11.6 Å². The van der Waals surface area contributed by atoms with Gasteiger partial charge in [-0.15, -0.1) is 11.3 Å². The highest BCUT2D eigenvalue weighted by molar-refractivity contribution is 7.13. The number of hydrazine groups is 1. The molecule has 2 aromatic rings. The van der Waals surface area contributed by atoms with Crippen molar-refractivity contribution in [3.8, 4) is 0 Å². The zero-order valence-electron chi connectivity index (χ0n) is 7.77. The Bertz CT molecular complexity index is 419. The smallest absolute Gasteiger partial charge is 0.197 e. The lowest BCUT2D eigenvalue weighted by molar-refractivity contribution is 0.669. The lowest BCUT2D eigenvalue weighted by Gasteiger charge is -1.96. The number of aryl methyl sites for hydroxylation is 1. The highest BCUT2D eigenvalue weighted by Crippen LogP contribution is 2.14. The molecule has 0 atom stereocenters. The zero-order chi connectivity index (χ0) is 9.97. The molecule has 5 nitrogen and oxygen atoms in total. The first kappa shape index (κ1) is 9.17. The summed E-state index contributed by atoms with van der Waals surface area (Å²) < 4.78 is 1.85. The Kier molecular flexibility index (Phi) is 2.47. The van der Waals surface area contributed by atoms with Crippen LogP contribution in [-0.2, 0) is 6.54 Å². The number of anilines is 1. The van der Waals surface area contributed by atoms with E-state index in [-0.39, 0.29) is 0 Å². The Morgan fingerprint density at radius 1 is 1.64 bits per heavy atom. The summed E-state index contributed by atoms with van der Waals surface area (Å²) in [7, 11) is 0. The van der Waals surface area contributed by atoms with E-state index in [0.717, 1.165) is 16.5 Å². The van der Waals surface area contributed by atoms with Crippen LogP contribution in [0.3, 0.4) is 0 Å². The van der Waals surface area contributed by atoms with Gasteiger partial charge in [0.2, 0.25) is 0 Å². The molecule has 0 fully saturated rings. The van der Waals surface area contributed by atoms with Gasteiger partial charge in [0.15, 0.2) is 5.13 Å². The second kappa shape index (κ2) is 3.77. The van der Waals surface area contributed by atoms with Gasteiger partial charge in [0.1, 0.15) is 0 Å². The number of thiazole rings is 1. The molecule has 0 spiro atoms. The molecule has 0 aliphatic rings. The lowest BCUT2D eigenvalue weighted by atomic mass is 10.5. The van der Waals surface area contributed by atoms with Crippen molar-refractivity contribution in [2.24, 2.45) is 5.84 Å². The van der Waals surface area contributed by atoms with Crippen molar-refractivity contribution in [2.45, 2.75) is 13.5 Å². The maximum absolute atomic E-state index is 5.24. The van der Waals surface area contributed by atoms with Gasteiger partial charge in [-0.25, -0.2) is 10.8 Å². The largest absolute Gasteiger partial charge is 0.300 e. The highest BCUT2D eigenvalue weighted by Gasteiger charge is 2.01. The van der Waals surface area contributed by atoms with Crippen molar-refractivity contribution in [3.63, 3.8) is 0 Å². The summed E-state index contributed by atoms with van der Waals surface area (Å²) in [5.74, 6) is 5.24. The number of hydrogen-bond acceptors (Lipinski definition) is 5. The van der Waals surface area contributed by atoms with E-state index in [1.807, 2.05) is 29.2 Å². The molecule has 74 valence electrons. The molecular formula is C8H11N5S. The Balaban J connectivity index is 2.10. The monoisotopic (exact) mass is 209 g/mol. The minimum absolute atomic E-state index is 0.687. The van der Waals surface area contributed by atoms with Crippen LogP contribution >= 0.6 is 11.3 Å². The van der Waals surface area contributed by atoms with E-state index in [1.54, 1.807) is 0 Å². The second-order valence-electron chi connectivity index (χ2n) is 2.94. The summed E-state index contributed by atoms with van der Waals surface area (Å²) in [6, 6.07) is 1.97. The molecule has 0 aromatic carbocycles. The lowest BCUT2D eigenvalue weighted by Crippen LogP contribution is -2.07. The van der Waals surface area contributed by atoms with Crippen LogP contribution < -0.4 is 11.3 Å². The first-order valence-corrected chi connectivity index (χ1v) is 5.07. The predicted molar refractivity (Wildman–Crippen MR) is 56.0 cm³/mol. The molecule has 2 aromatic heterocycles. The van der Waals surface area contributed by atoms with Crippen molar-refractivity contribution in [1.82, 2.24) is 14.8 Å². The minimum atomic E-state index is 0.687. The SMILES string of the molecule is Cc1ccn(Cc2csc(NN)n2)n1. The predicted octanol–water partition coefficient (Wildman–Crippen LogP) is 0.982. The summed E-state index contributed by atoms with van der Waals surface area (Å²) in [6.45, 7) is 2.65. The molecule has 0 bridgehead atoms. The van der Waals surface area contributed by atoms with Gasteiger partial charge < -0.3 is 0 Å². The molecule has 0 saturated carbocycles. The molecule has 6 heteroatoms. The first-order valence-electron chi connectivity index (χ1n) is 4.19. The summed E-state index contributed by atoms with van der Waals surface area (Å²) in [4.78, 5) is 4.25. The van der Waals surface area contributed by atoms with Crippen LogP contribution in [-0.4, -0.2) is 14.8 Å². The second-order valence-corrected chi connectivity index (χ2v) is 3.80. The number of nitrogens with one attached hydrogen (secondary N) is 1. The van der Waals surface area contributed by atoms with Crippen LogP contribution in [0.4, 0.5) is 5.13 Å². The van der Waals surface area contributed by atoms with Crippen molar-refractivity contribution in [2.75, 3.05) is 5.43 Å². The molecule has 0 aliphatic carbocycles. The van der Waals surface area contributed by atoms with Crippen molar-refractivity contribution in [3.05, 3.63) is 29.0 Å². The van der Waals surface area contributed by atoms with Crippen molar-refractivity contribution < 1.29 is 0 Å². The van der Waals surface area contributed by atoms with Crippen LogP contribution in [0.25, 0.3) is 0 Å². The summed E-state index contributed by atoms with van der Waals surface area (Å²) in [5, 5.41) is 6.96. The number of hydrogen-bond donors (Lipinski definition) is 2. The third-order valence-electron chi connectivity index (χ3n) is 1.77. The van der Waals surface area contributed by atoms with Gasteiger partial charge in [0.05, 0.1) is 17.9 Å². The fourth-order valence-electron chi connectivity index (χ4n) is 1.16. The average Bonchev–Trinajstić information content (AvgIpc) is 2.76. The number of nitrogens with zero attached hydrogens (tertiary/aromatic N) is 3. The minimum Gasteiger partial charge on any atom is -0.300 e. The Morgan fingerprint density at radius 2 is 2.50 bits per heavy atom. The van der Waals surface area contributed by atoms with Gasteiger partial charge in [-0.3, -0.25) is 10.1 Å². The number of nitrogen functional groups attached to an aromatic ring is 1. The van der Waals surface area contributed by atoms with Gasteiger partial charge in [0.25, 0.3) is 0 Å². The third-order valence-corrected chi connectivity index (χ3v) is 2.60. The molecule has 3 N–H and O–H groups in total. The Labute approximate surface area is 85.5 Å².